The highest BCUT2D eigenvalue weighted by Crippen LogP contribution is 2.11. The zero-order valence-electron chi connectivity index (χ0n) is 13.3. The molecule has 3 N–H and O–H groups in total. The zero-order chi connectivity index (χ0) is 14.8. The van der Waals surface area contributed by atoms with Crippen molar-refractivity contribution in [3.8, 4) is 0 Å². The predicted molar refractivity (Wildman–Crippen MR) is 100.0 cm³/mol. The van der Waals surface area contributed by atoms with E-state index >= 15 is 0 Å². The van der Waals surface area contributed by atoms with Crippen LogP contribution in [0.25, 0.3) is 0 Å². The molecule has 0 aliphatic heterocycles. The number of rotatable bonds is 8. The highest BCUT2D eigenvalue weighted by atomic mass is 127. The van der Waals surface area contributed by atoms with Gasteiger partial charge in [0.1, 0.15) is 0 Å². The quantitative estimate of drug-likeness (QED) is 0.397. The topological polar surface area (TPSA) is 59.6 Å². The normalized spacial score (nSPS) is 11.3. The van der Waals surface area contributed by atoms with E-state index in [9.17, 15) is 0 Å². The lowest BCUT2D eigenvalue weighted by Crippen LogP contribution is -2.32. The minimum absolute atomic E-state index is 0. The lowest BCUT2D eigenvalue weighted by molar-refractivity contribution is 0.133. The molecule has 1 aromatic rings. The molecule has 120 valence electrons. The van der Waals surface area contributed by atoms with Gasteiger partial charge in [0.15, 0.2) is 5.96 Å². The number of halogens is 1. The second-order valence-corrected chi connectivity index (χ2v) is 5.22. The molecule has 0 unspecified atom stereocenters. The molecule has 0 fully saturated rings. The summed E-state index contributed by atoms with van der Waals surface area (Å²) in [4.78, 5) is 4.39. The van der Waals surface area contributed by atoms with Gasteiger partial charge in [-0.25, -0.2) is 4.99 Å². The number of aliphatic imine (C=N–C) groups is 1. The summed E-state index contributed by atoms with van der Waals surface area (Å²) in [5, 5.41) is 3.14. The van der Waals surface area contributed by atoms with Crippen LogP contribution in [0, 0.1) is 5.92 Å². The smallest absolute Gasteiger partial charge is 0.188 e. The molecule has 0 saturated carbocycles. The van der Waals surface area contributed by atoms with Crippen LogP contribution in [0.4, 0.5) is 0 Å². The molecule has 0 saturated heterocycles. The molecule has 0 aliphatic rings. The van der Waals surface area contributed by atoms with E-state index in [2.05, 4.69) is 36.3 Å². The Kier molecular flexibility index (Phi) is 11.3. The van der Waals surface area contributed by atoms with Crippen LogP contribution in [-0.4, -0.2) is 19.1 Å². The summed E-state index contributed by atoms with van der Waals surface area (Å²) in [6.45, 7) is 9.19. The largest absolute Gasteiger partial charge is 0.377 e. The first kappa shape index (κ1) is 20.2. The molecule has 1 aromatic carbocycles. The van der Waals surface area contributed by atoms with Gasteiger partial charge in [-0.15, -0.1) is 24.0 Å². The fourth-order valence-corrected chi connectivity index (χ4v) is 1.78. The molecule has 4 nitrogen and oxygen atoms in total. The molecule has 0 aliphatic carbocycles. The number of ether oxygens (including phenoxy) is 1. The highest BCUT2D eigenvalue weighted by Gasteiger charge is 2.01. The Labute approximate surface area is 145 Å². The van der Waals surface area contributed by atoms with Crippen LogP contribution in [0.2, 0.25) is 0 Å². The molecule has 0 radical (unpaired) electrons. The van der Waals surface area contributed by atoms with Crippen molar-refractivity contribution in [1.82, 2.24) is 5.32 Å². The van der Waals surface area contributed by atoms with Crippen molar-refractivity contribution in [3.05, 3.63) is 35.4 Å². The SMILES string of the molecule is CCOCc1ccccc1CN=C(N)NCCC(C)C.I. The average Bonchev–Trinajstić information content (AvgIpc) is 2.43. The number of nitrogens with one attached hydrogen (secondary N) is 1. The van der Waals surface area contributed by atoms with Crippen molar-refractivity contribution in [3.63, 3.8) is 0 Å². The minimum atomic E-state index is 0. The maximum absolute atomic E-state index is 5.87. The number of hydrogen-bond donors (Lipinski definition) is 2. The van der Waals surface area contributed by atoms with Crippen LogP contribution in [0.5, 0.6) is 0 Å². The Morgan fingerprint density at radius 3 is 2.57 bits per heavy atom. The first-order valence-electron chi connectivity index (χ1n) is 7.31. The number of guanidine groups is 1. The molecular weight excluding hydrogens is 377 g/mol. The monoisotopic (exact) mass is 405 g/mol. The number of nitrogens with zero attached hydrogens (tertiary/aromatic N) is 1. The van der Waals surface area contributed by atoms with E-state index in [0.717, 1.165) is 25.1 Å². The van der Waals surface area contributed by atoms with Gasteiger partial charge in [0.25, 0.3) is 0 Å². The summed E-state index contributed by atoms with van der Waals surface area (Å²) in [5.74, 6) is 1.18. The van der Waals surface area contributed by atoms with Gasteiger partial charge < -0.3 is 15.8 Å². The molecule has 0 heterocycles. The van der Waals surface area contributed by atoms with Crippen molar-refractivity contribution in [2.45, 2.75) is 40.3 Å². The summed E-state index contributed by atoms with van der Waals surface area (Å²) in [6.07, 6.45) is 1.09. The van der Waals surface area contributed by atoms with Gasteiger partial charge >= 0.3 is 0 Å². The third kappa shape index (κ3) is 8.93. The first-order valence-corrected chi connectivity index (χ1v) is 7.31. The highest BCUT2D eigenvalue weighted by molar-refractivity contribution is 14.0. The standard InChI is InChI=1S/C16H27N3O.HI/c1-4-20-12-15-8-6-5-7-14(15)11-19-16(17)18-10-9-13(2)3;/h5-8,13H,4,9-12H2,1-3H3,(H3,17,18,19);1H. The third-order valence-electron chi connectivity index (χ3n) is 3.03. The first-order chi connectivity index (χ1) is 9.63. The molecule has 0 aromatic heterocycles. The van der Waals surface area contributed by atoms with Crippen molar-refractivity contribution in [2.24, 2.45) is 16.6 Å². The van der Waals surface area contributed by atoms with Gasteiger partial charge in [-0.1, -0.05) is 38.1 Å². The Morgan fingerprint density at radius 1 is 1.29 bits per heavy atom. The van der Waals surface area contributed by atoms with Crippen molar-refractivity contribution in [1.29, 1.82) is 0 Å². The van der Waals surface area contributed by atoms with Gasteiger partial charge in [-0.2, -0.15) is 0 Å². The Hall–Kier alpha value is -0.820. The fraction of sp³-hybridized carbons (Fsp3) is 0.562. The minimum Gasteiger partial charge on any atom is -0.377 e. The van der Waals surface area contributed by atoms with E-state index in [4.69, 9.17) is 10.5 Å². The fourth-order valence-electron chi connectivity index (χ4n) is 1.78. The third-order valence-corrected chi connectivity index (χ3v) is 3.03. The molecular formula is C16H28IN3O. The molecule has 5 heteroatoms. The Bertz CT molecular complexity index is 422. The molecule has 0 spiro atoms. The Morgan fingerprint density at radius 2 is 1.95 bits per heavy atom. The lowest BCUT2D eigenvalue weighted by atomic mass is 10.1. The molecule has 0 amide bonds. The van der Waals surface area contributed by atoms with E-state index in [-0.39, 0.29) is 24.0 Å². The van der Waals surface area contributed by atoms with E-state index < -0.39 is 0 Å². The lowest BCUT2D eigenvalue weighted by Gasteiger charge is -2.09. The average molecular weight is 405 g/mol. The summed E-state index contributed by atoms with van der Waals surface area (Å²) >= 11 is 0. The number of nitrogens with two attached hydrogens (primary N) is 1. The molecule has 0 bridgehead atoms. The van der Waals surface area contributed by atoms with Crippen LogP contribution in [-0.2, 0) is 17.9 Å². The van der Waals surface area contributed by atoms with Gasteiger partial charge in [-0.05, 0) is 30.4 Å². The van der Waals surface area contributed by atoms with Gasteiger partial charge in [0.2, 0.25) is 0 Å². The van der Waals surface area contributed by atoms with E-state index in [1.165, 1.54) is 5.56 Å². The van der Waals surface area contributed by atoms with Crippen LogP contribution < -0.4 is 11.1 Å². The van der Waals surface area contributed by atoms with Crippen molar-refractivity contribution >= 4 is 29.9 Å². The van der Waals surface area contributed by atoms with Crippen LogP contribution in [0.1, 0.15) is 38.3 Å². The van der Waals surface area contributed by atoms with E-state index in [0.29, 0.717) is 25.0 Å². The second-order valence-electron chi connectivity index (χ2n) is 5.22. The van der Waals surface area contributed by atoms with Crippen LogP contribution in [0.3, 0.4) is 0 Å². The molecule has 0 atom stereocenters. The maximum Gasteiger partial charge on any atom is 0.188 e. The van der Waals surface area contributed by atoms with Crippen molar-refractivity contribution in [2.75, 3.05) is 13.2 Å². The van der Waals surface area contributed by atoms with E-state index in [1.54, 1.807) is 0 Å². The van der Waals surface area contributed by atoms with E-state index in [1.807, 2.05) is 19.1 Å². The number of benzene rings is 1. The zero-order valence-corrected chi connectivity index (χ0v) is 15.6. The van der Waals surface area contributed by atoms with Crippen molar-refractivity contribution < 1.29 is 4.74 Å². The van der Waals surface area contributed by atoms with Crippen LogP contribution >= 0.6 is 24.0 Å². The summed E-state index contributed by atoms with van der Waals surface area (Å²) in [6, 6.07) is 8.18. The summed E-state index contributed by atoms with van der Waals surface area (Å²) in [5.41, 5.74) is 8.20. The Balaban J connectivity index is 0.00000400. The number of hydrogen-bond acceptors (Lipinski definition) is 2. The predicted octanol–water partition coefficient (Wildman–Crippen LogP) is 3.29. The van der Waals surface area contributed by atoms with Crippen LogP contribution in [0.15, 0.2) is 29.3 Å². The molecule has 21 heavy (non-hydrogen) atoms. The summed E-state index contributed by atoms with van der Waals surface area (Å²) < 4.78 is 5.46. The summed E-state index contributed by atoms with van der Waals surface area (Å²) in [7, 11) is 0. The maximum atomic E-state index is 5.87. The van der Waals surface area contributed by atoms with Gasteiger partial charge in [0.05, 0.1) is 13.2 Å². The molecule has 1 rings (SSSR count). The van der Waals surface area contributed by atoms with Gasteiger partial charge in [-0.3, -0.25) is 0 Å². The van der Waals surface area contributed by atoms with Gasteiger partial charge in [0, 0.05) is 13.2 Å². The second kappa shape index (κ2) is 11.8.